The normalized spacial score (nSPS) is 9.00. The van der Waals surface area contributed by atoms with Crippen molar-refractivity contribution in [2.24, 2.45) is 5.73 Å². The monoisotopic (exact) mass is 195 g/mol. The third-order valence-corrected chi connectivity index (χ3v) is 1.44. The van der Waals surface area contributed by atoms with E-state index in [2.05, 4.69) is 11.8 Å². The standard InChI is InChI=1S/C10H7F2NO/c11-8-5-1-3-7(10(8)12)4-2-6-9(13)14/h1,3,5H,6H2,(H2,13,14). The van der Waals surface area contributed by atoms with Crippen molar-refractivity contribution < 1.29 is 13.6 Å². The van der Waals surface area contributed by atoms with E-state index in [4.69, 9.17) is 5.73 Å². The van der Waals surface area contributed by atoms with Gasteiger partial charge in [-0.25, -0.2) is 8.78 Å². The highest BCUT2D eigenvalue weighted by Gasteiger charge is 2.04. The maximum atomic E-state index is 12.9. The predicted octanol–water partition coefficient (Wildman–Crippen LogP) is 1.19. The molecule has 0 aliphatic carbocycles. The molecule has 2 nitrogen and oxygen atoms in total. The Balaban J connectivity index is 2.90. The quantitative estimate of drug-likeness (QED) is 0.672. The summed E-state index contributed by atoms with van der Waals surface area (Å²) in [7, 11) is 0. The molecule has 0 radical (unpaired) electrons. The SMILES string of the molecule is NC(=O)CC#Cc1cccc(F)c1F. The van der Waals surface area contributed by atoms with Crippen molar-refractivity contribution in [3.05, 3.63) is 35.4 Å². The smallest absolute Gasteiger partial charge is 0.229 e. The molecule has 0 aromatic heterocycles. The second kappa shape index (κ2) is 4.38. The summed E-state index contributed by atoms with van der Waals surface area (Å²) in [6, 6.07) is 3.66. The van der Waals surface area contributed by atoms with Gasteiger partial charge in [0.15, 0.2) is 11.6 Å². The van der Waals surface area contributed by atoms with E-state index in [0.717, 1.165) is 6.07 Å². The first-order chi connectivity index (χ1) is 6.61. The van der Waals surface area contributed by atoms with Gasteiger partial charge in [-0.15, -0.1) is 0 Å². The third kappa shape index (κ3) is 2.56. The van der Waals surface area contributed by atoms with Crippen molar-refractivity contribution in [1.82, 2.24) is 0 Å². The Morgan fingerprint density at radius 1 is 1.43 bits per heavy atom. The summed E-state index contributed by atoms with van der Waals surface area (Å²) in [6.07, 6.45) is -0.171. The lowest BCUT2D eigenvalue weighted by Crippen LogP contribution is -2.08. The summed E-state index contributed by atoms with van der Waals surface area (Å²) in [5.74, 6) is 2.08. The second-order valence-electron chi connectivity index (χ2n) is 2.55. The fraction of sp³-hybridized carbons (Fsp3) is 0.100. The van der Waals surface area contributed by atoms with Crippen molar-refractivity contribution in [1.29, 1.82) is 0 Å². The van der Waals surface area contributed by atoms with Gasteiger partial charge >= 0.3 is 0 Å². The Morgan fingerprint density at radius 3 is 2.79 bits per heavy atom. The average molecular weight is 195 g/mol. The number of benzene rings is 1. The Hall–Kier alpha value is -1.89. The predicted molar refractivity (Wildman–Crippen MR) is 47.0 cm³/mol. The van der Waals surface area contributed by atoms with E-state index in [0.29, 0.717) is 0 Å². The van der Waals surface area contributed by atoms with Crippen LogP contribution in [0.2, 0.25) is 0 Å². The van der Waals surface area contributed by atoms with Crippen LogP contribution in [0.15, 0.2) is 18.2 Å². The molecule has 1 aromatic rings. The van der Waals surface area contributed by atoms with E-state index in [1.165, 1.54) is 12.1 Å². The van der Waals surface area contributed by atoms with Crippen LogP contribution < -0.4 is 5.73 Å². The summed E-state index contributed by atoms with van der Waals surface area (Å²) >= 11 is 0. The van der Waals surface area contributed by atoms with Gasteiger partial charge in [-0.05, 0) is 12.1 Å². The van der Waals surface area contributed by atoms with Crippen molar-refractivity contribution in [2.45, 2.75) is 6.42 Å². The fourth-order valence-electron chi connectivity index (χ4n) is 0.827. The molecule has 2 N–H and O–H groups in total. The molecule has 1 amide bonds. The Labute approximate surface area is 79.7 Å². The van der Waals surface area contributed by atoms with Crippen LogP contribution in [0.25, 0.3) is 0 Å². The molecular formula is C10H7F2NO. The lowest BCUT2D eigenvalue weighted by atomic mass is 10.2. The van der Waals surface area contributed by atoms with E-state index in [9.17, 15) is 13.6 Å². The molecule has 4 heteroatoms. The van der Waals surface area contributed by atoms with Crippen molar-refractivity contribution >= 4 is 5.91 Å². The van der Waals surface area contributed by atoms with Gasteiger partial charge in [0.2, 0.25) is 5.91 Å². The Bertz CT molecular complexity index is 418. The van der Waals surface area contributed by atoms with E-state index >= 15 is 0 Å². The average Bonchev–Trinajstić information content (AvgIpc) is 2.12. The first-order valence-electron chi connectivity index (χ1n) is 3.82. The molecule has 14 heavy (non-hydrogen) atoms. The van der Waals surface area contributed by atoms with Gasteiger partial charge in [0, 0.05) is 0 Å². The minimum atomic E-state index is -1.01. The number of nitrogens with two attached hydrogens (primary N) is 1. The highest BCUT2D eigenvalue weighted by Crippen LogP contribution is 2.09. The van der Waals surface area contributed by atoms with Gasteiger partial charge in [0.1, 0.15) is 0 Å². The molecule has 72 valence electrons. The van der Waals surface area contributed by atoms with E-state index in [1.807, 2.05) is 0 Å². The van der Waals surface area contributed by atoms with Crippen LogP contribution in [0.3, 0.4) is 0 Å². The number of carbonyl (C=O) groups is 1. The van der Waals surface area contributed by atoms with Gasteiger partial charge in [-0.3, -0.25) is 4.79 Å². The van der Waals surface area contributed by atoms with Crippen molar-refractivity contribution in [3.63, 3.8) is 0 Å². The van der Waals surface area contributed by atoms with E-state index in [-0.39, 0.29) is 12.0 Å². The lowest BCUT2D eigenvalue weighted by molar-refractivity contribution is -0.117. The van der Waals surface area contributed by atoms with Crippen LogP contribution in [-0.4, -0.2) is 5.91 Å². The van der Waals surface area contributed by atoms with Crippen LogP contribution >= 0.6 is 0 Å². The molecule has 0 fully saturated rings. The minimum absolute atomic E-state index is 0.0775. The molecule has 0 bridgehead atoms. The highest BCUT2D eigenvalue weighted by molar-refractivity contribution is 5.76. The lowest BCUT2D eigenvalue weighted by Gasteiger charge is -1.93. The number of carbonyl (C=O) groups excluding carboxylic acids is 1. The Morgan fingerprint density at radius 2 is 2.14 bits per heavy atom. The Kier molecular flexibility index (Phi) is 3.19. The van der Waals surface area contributed by atoms with Crippen LogP contribution in [0.4, 0.5) is 8.78 Å². The maximum Gasteiger partial charge on any atom is 0.229 e. The number of hydrogen-bond acceptors (Lipinski definition) is 1. The van der Waals surface area contributed by atoms with E-state index < -0.39 is 17.5 Å². The van der Waals surface area contributed by atoms with Gasteiger partial charge in [0.05, 0.1) is 12.0 Å². The van der Waals surface area contributed by atoms with Gasteiger partial charge in [-0.2, -0.15) is 0 Å². The van der Waals surface area contributed by atoms with Gasteiger partial charge in [0.25, 0.3) is 0 Å². The molecule has 0 spiro atoms. The second-order valence-corrected chi connectivity index (χ2v) is 2.55. The number of amides is 1. The number of halogens is 2. The summed E-state index contributed by atoms with van der Waals surface area (Å²) in [4.78, 5) is 10.3. The third-order valence-electron chi connectivity index (χ3n) is 1.44. The van der Waals surface area contributed by atoms with Crippen LogP contribution in [0, 0.1) is 23.5 Å². The largest absolute Gasteiger partial charge is 0.369 e. The zero-order valence-corrected chi connectivity index (χ0v) is 7.18. The molecule has 0 atom stereocenters. The van der Waals surface area contributed by atoms with Crippen LogP contribution in [0.5, 0.6) is 0 Å². The molecule has 0 aliphatic heterocycles. The van der Waals surface area contributed by atoms with Crippen LogP contribution in [-0.2, 0) is 4.79 Å². The molecular weight excluding hydrogens is 188 g/mol. The highest BCUT2D eigenvalue weighted by atomic mass is 19.2. The van der Waals surface area contributed by atoms with Crippen molar-refractivity contribution in [2.75, 3.05) is 0 Å². The zero-order chi connectivity index (χ0) is 10.6. The maximum absolute atomic E-state index is 12.9. The summed E-state index contributed by atoms with van der Waals surface area (Å²) in [6.45, 7) is 0. The van der Waals surface area contributed by atoms with Gasteiger partial charge < -0.3 is 5.73 Å². The number of primary amides is 1. The van der Waals surface area contributed by atoms with Crippen LogP contribution in [0.1, 0.15) is 12.0 Å². The first kappa shape index (κ1) is 10.2. The molecule has 0 saturated heterocycles. The topological polar surface area (TPSA) is 43.1 Å². The molecule has 1 aromatic carbocycles. The molecule has 0 heterocycles. The fourth-order valence-corrected chi connectivity index (χ4v) is 0.827. The number of hydrogen-bond donors (Lipinski definition) is 1. The minimum Gasteiger partial charge on any atom is -0.369 e. The number of rotatable bonds is 1. The van der Waals surface area contributed by atoms with Crippen molar-refractivity contribution in [3.8, 4) is 11.8 Å². The van der Waals surface area contributed by atoms with E-state index in [1.54, 1.807) is 0 Å². The van der Waals surface area contributed by atoms with Gasteiger partial charge in [-0.1, -0.05) is 17.9 Å². The molecule has 0 aliphatic rings. The first-order valence-corrected chi connectivity index (χ1v) is 3.82. The zero-order valence-electron chi connectivity index (χ0n) is 7.18. The summed E-state index contributed by atoms with van der Waals surface area (Å²) < 4.78 is 25.6. The molecule has 0 unspecified atom stereocenters. The molecule has 1 rings (SSSR count). The summed E-state index contributed by atoms with van der Waals surface area (Å²) in [5, 5.41) is 0. The summed E-state index contributed by atoms with van der Waals surface area (Å²) in [5.41, 5.74) is 4.74. The molecule has 0 saturated carbocycles.